The molecule has 1 heterocycles. The van der Waals surface area contributed by atoms with Gasteiger partial charge in [-0.15, -0.1) is 0 Å². The van der Waals surface area contributed by atoms with Crippen LogP contribution in [0.3, 0.4) is 0 Å². The second kappa shape index (κ2) is 7.41. The van der Waals surface area contributed by atoms with Crippen LogP contribution < -0.4 is 9.47 Å². The average Bonchev–Trinajstić information content (AvgIpc) is 3.08. The van der Waals surface area contributed by atoms with E-state index in [4.69, 9.17) is 9.47 Å². The van der Waals surface area contributed by atoms with Gasteiger partial charge in [0.1, 0.15) is 23.9 Å². The summed E-state index contributed by atoms with van der Waals surface area (Å²) in [7, 11) is 0. The van der Waals surface area contributed by atoms with Gasteiger partial charge in [0.2, 0.25) is 0 Å². The molecule has 0 N–H and O–H groups in total. The van der Waals surface area contributed by atoms with Crippen LogP contribution in [0.2, 0.25) is 0 Å². The number of rotatable bonds is 7. The summed E-state index contributed by atoms with van der Waals surface area (Å²) in [4.78, 5) is 8.39. The molecule has 3 rings (SSSR count). The molecular weight excluding hydrogens is 276 g/mol. The summed E-state index contributed by atoms with van der Waals surface area (Å²) in [5, 5.41) is 0. The minimum absolute atomic E-state index is 0.568. The first kappa shape index (κ1) is 14.3. The van der Waals surface area contributed by atoms with Gasteiger partial charge >= 0.3 is 0 Å². The van der Waals surface area contributed by atoms with E-state index in [9.17, 15) is 0 Å². The average molecular weight is 294 g/mol. The first-order chi connectivity index (χ1) is 10.9. The molecule has 2 aromatic carbocycles. The van der Waals surface area contributed by atoms with Gasteiger partial charge in [0.15, 0.2) is 0 Å². The molecular formula is C18H18N2O2. The van der Waals surface area contributed by atoms with E-state index in [0.29, 0.717) is 19.8 Å². The summed E-state index contributed by atoms with van der Waals surface area (Å²) in [6.45, 7) is 1.85. The highest BCUT2D eigenvalue weighted by Crippen LogP contribution is 2.19. The molecule has 0 spiro atoms. The molecule has 4 heteroatoms. The lowest BCUT2D eigenvalue weighted by atomic mass is 10.2. The highest BCUT2D eigenvalue weighted by Gasteiger charge is 2.02. The van der Waals surface area contributed by atoms with Gasteiger partial charge < -0.3 is 9.47 Å². The van der Waals surface area contributed by atoms with Crippen LogP contribution in [0.15, 0.2) is 64.6 Å². The first-order valence-corrected chi connectivity index (χ1v) is 7.35. The van der Waals surface area contributed by atoms with Crippen LogP contribution in [0, 0.1) is 0 Å². The normalized spacial score (nSPS) is 13.0. The van der Waals surface area contributed by atoms with Crippen molar-refractivity contribution in [1.82, 2.24) is 0 Å². The zero-order valence-corrected chi connectivity index (χ0v) is 12.3. The summed E-state index contributed by atoms with van der Waals surface area (Å²) >= 11 is 0. The van der Waals surface area contributed by atoms with Crippen LogP contribution >= 0.6 is 0 Å². The Morgan fingerprint density at radius 1 is 0.864 bits per heavy atom. The predicted molar refractivity (Wildman–Crippen MR) is 88.1 cm³/mol. The molecule has 0 amide bonds. The minimum atomic E-state index is 0.568. The van der Waals surface area contributed by atoms with Gasteiger partial charge in [0.25, 0.3) is 0 Å². The number of benzene rings is 2. The molecule has 0 atom stereocenters. The van der Waals surface area contributed by atoms with E-state index in [1.807, 2.05) is 60.8 Å². The van der Waals surface area contributed by atoms with E-state index >= 15 is 0 Å². The number of amidine groups is 1. The van der Waals surface area contributed by atoms with Crippen molar-refractivity contribution in [2.45, 2.75) is 13.0 Å². The Bertz CT molecular complexity index is 649. The van der Waals surface area contributed by atoms with Crippen LogP contribution in [0.4, 0.5) is 0 Å². The molecule has 1 aliphatic rings. The molecule has 0 aromatic heterocycles. The molecule has 4 nitrogen and oxygen atoms in total. The lowest BCUT2D eigenvalue weighted by Gasteiger charge is -2.08. The number of ether oxygens (including phenoxy) is 2. The van der Waals surface area contributed by atoms with Crippen molar-refractivity contribution in [3.05, 3.63) is 60.2 Å². The van der Waals surface area contributed by atoms with Crippen molar-refractivity contribution in [2.24, 2.45) is 9.98 Å². The van der Waals surface area contributed by atoms with Gasteiger partial charge in [-0.3, -0.25) is 4.99 Å². The first-order valence-electron chi connectivity index (χ1n) is 7.35. The molecule has 22 heavy (non-hydrogen) atoms. The van der Waals surface area contributed by atoms with Crippen molar-refractivity contribution < 1.29 is 9.47 Å². The third-order valence-corrected chi connectivity index (χ3v) is 3.26. The lowest BCUT2D eigenvalue weighted by molar-refractivity contribution is 0.303. The number of aliphatic imine (C=N–C) groups is 2. The summed E-state index contributed by atoms with van der Waals surface area (Å²) in [6.07, 6.45) is 2.55. The van der Waals surface area contributed by atoms with E-state index in [0.717, 1.165) is 29.3 Å². The molecule has 0 unspecified atom stereocenters. The Morgan fingerprint density at radius 2 is 1.59 bits per heavy atom. The fraction of sp³-hybridized carbons (Fsp3) is 0.222. The maximum Gasteiger partial charge on any atom is 0.126 e. The Balaban J connectivity index is 1.44. The van der Waals surface area contributed by atoms with Gasteiger partial charge in [-0.1, -0.05) is 30.3 Å². The van der Waals surface area contributed by atoms with Crippen molar-refractivity contribution in [1.29, 1.82) is 0 Å². The second-order valence-corrected chi connectivity index (χ2v) is 4.91. The molecule has 0 saturated heterocycles. The third-order valence-electron chi connectivity index (χ3n) is 3.26. The predicted octanol–water partition coefficient (Wildman–Crippen LogP) is 3.52. The summed E-state index contributed by atoms with van der Waals surface area (Å²) in [6, 6.07) is 17.8. The van der Waals surface area contributed by atoms with Crippen molar-refractivity contribution >= 4 is 12.1 Å². The highest BCUT2D eigenvalue weighted by atomic mass is 16.5. The molecule has 2 aromatic rings. The van der Waals surface area contributed by atoms with Crippen LogP contribution in [0.25, 0.3) is 0 Å². The Morgan fingerprint density at radius 3 is 2.27 bits per heavy atom. The van der Waals surface area contributed by atoms with Crippen LogP contribution in [-0.2, 0) is 6.61 Å². The molecule has 0 fully saturated rings. The number of hydrogen-bond acceptors (Lipinski definition) is 4. The summed E-state index contributed by atoms with van der Waals surface area (Å²) < 4.78 is 11.4. The standard InChI is InChI=1S/C18H18N2O2/c1-2-4-15(5-3-1)14-22-17-8-6-16(7-9-17)21-13-10-18-19-11-12-20-18/h1-9,11H,10,12-14H2. The van der Waals surface area contributed by atoms with Crippen molar-refractivity contribution in [3.63, 3.8) is 0 Å². The Kier molecular flexibility index (Phi) is 4.82. The quantitative estimate of drug-likeness (QED) is 0.784. The lowest BCUT2D eigenvalue weighted by Crippen LogP contribution is -2.03. The van der Waals surface area contributed by atoms with Crippen LogP contribution in [0.1, 0.15) is 12.0 Å². The second-order valence-electron chi connectivity index (χ2n) is 4.91. The van der Waals surface area contributed by atoms with Crippen molar-refractivity contribution in [3.8, 4) is 11.5 Å². The zero-order chi connectivity index (χ0) is 15.0. The van der Waals surface area contributed by atoms with Gasteiger partial charge in [0.05, 0.1) is 13.2 Å². The van der Waals surface area contributed by atoms with Crippen LogP contribution in [-0.4, -0.2) is 25.2 Å². The third kappa shape index (κ3) is 4.19. The number of hydrogen-bond donors (Lipinski definition) is 0. The molecule has 0 radical (unpaired) electrons. The Labute approximate surface area is 130 Å². The van der Waals surface area contributed by atoms with Crippen molar-refractivity contribution in [2.75, 3.05) is 13.2 Å². The van der Waals surface area contributed by atoms with Gasteiger partial charge in [-0.25, -0.2) is 4.99 Å². The topological polar surface area (TPSA) is 43.2 Å². The SMILES string of the molecule is C1=NC(CCOc2ccc(OCc3ccccc3)cc2)=NC1. The smallest absolute Gasteiger partial charge is 0.126 e. The largest absolute Gasteiger partial charge is 0.493 e. The Hall–Kier alpha value is -2.62. The molecule has 0 aliphatic carbocycles. The zero-order valence-electron chi connectivity index (χ0n) is 12.3. The van der Waals surface area contributed by atoms with Gasteiger partial charge in [-0.2, -0.15) is 0 Å². The van der Waals surface area contributed by atoms with E-state index in [1.165, 1.54) is 0 Å². The molecule has 1 aliphatic heterocycles. The maximum atomic E-state index is 5.74. The highest BCUT2D eigenvalue weighted by molar-refractivity contribution is 5.94. The van der Waals surface area contributed by atoms with Gasteiger partial charge in [-0.05, 0) is 29.8 Å². The van der Waals surface area contributed by atoms with E-state index in [-0.39, 0.29) is 0 Å². The number of nitrogens with zero attached hydrogens (tertiary/aromatic N) is 2. The maximum absolute atomic E-state index is 5.74. The molecule has 112 valence electrons. The van der Waals surface area contributed by atoms with E-state index in [2.05, 4.69) is 9.98 Å². The summed E-state index contributed by atoms with van der Waals surface area (Å²) in [5.74, 6) is 2.53. The molecule has 0 saturated carbocycles. The monoisotopic (exact) mass is 294 g/mol. The van der Waals surface area contributed by atoms with Gasteiger partial charge in [0, 0.05) is 12.6 Å². The molecule has 0 bridgehead atoms. The van der Waals surface area contributed by atoms with Crippen LogP contribution in [0.5, 0.6) is 11.5 Å². The fourth-order valence-electron chi connectivity index (χ4n) is 2.11. The summed E-state index contributed by atoms with van der Waals surface area (Å²) in [5.41, 5.74) is 1.15. The van der Waals surface area contributed by atoms with E-state index < -0.39 is 0 Å². The minimum Gasteiger partial charge on any atom is -0.493 e. The van der Waals surface area contributed by atoms with E-state index in [1.54, 1.807) is 0 Å². The fourth-order valence-corrected chi connectivity index (χ4v) is 2.11.